The van der Waals surface area contributed by atoms with Crippen LogP contribution in [0.3, 0.4) is 0 Å². The standard InChI is InChI=1S/C25H32F3N3O4S/c1-17(2)15-29-25(33)18(3)30(16-19-7-9-20(26)10-8-19)24(32)6-5-13-31(36(4,34)35)21-11-12-22(27)23(28)14-21/h7-12,14,17-18H,5-6,13,15-16H2,1-4H3,(H,29,33)/t18-/m0/s1. The SMILES string of the molecule is CC(C)CNC(=O)[C@H](C)N(Cc1ccc(F)cc1)C(=O)CCCN(c1ccc(F)c(F)c1)S(C)(=O)=O. The fourth-order valence-corrected chi connectivity index (χ4v) is 4.42. The van der Waals surface area contributed by atoms with Crippen molar-refractivity contribution in [3.8, 4) is 0 Å². The highest BCUT2D eigenvalue weighted by molar-refractivity contribution is 7.92. The molecule has 0 spiro atoms. The van der Waals surface area contributed by atoms with Gasteiger partial charge in [0.1, 0.15) is 11.9 Å². The van der Waals surface area contributed by atoms with Gasteiger partial charge in [0.25, 0.3) is 0 Å². The first-order valence-electron chi connectivity index (χ1n) is 11.5. The van der Waals surface area contributed by atoms with Crippen molar-refractivity contribution < 1.29 is 31.2 Å². The molecule has 2 aromatic carbocycles. The average Bonchev–Trinajstić information content (AvgIpc) is 2.80. The molecule has 0 saturated heterocycles. The second kappa shape index (κ2) is 12.8. The zero-order valence-electron chi connectivity index (χ0n) is 20.8. The normalized spacial score (nSPS) is 12.3. The molecule has 7 nitrogen and oxygen atoms in total. The van der Waals surface area contributed by atoms with Crippen LogP contribution in [0.1, 0.15) is 39.2 Å². The molecule has 0 saturated carbocycles. The number of halogens is 3. The molecule has 2 rings (SSSR count). The van der Waals surface area contributed by atoms with E-state index in [4.69, 9.17) is 0 Å². The molecule has 198 valence electrons. The van der Waals surface area contributed by atoms with Gasteiger partial charge in [-0.05, 0) is 49.1 Å². The zero-order valence-corrected chi connectivity index (χ0v) is 21.6. The highest BCUT2D eigenvalue weighted by Gasteiger charge is 2.27. The van der Waals surface area contributed by atoms with E-state index in [0.29, 0.717) is 12.1 Å². The minimum Gasteiger partial charge on any atom is -0.354 e. The Morgan fingerprint density at radius 2 is 1.61 bits per heavy atom. The lowest BCUT2D eigenvalue weighted by atomic mass is 10.1. The van der Waals surface area contributed by atoms with Gasteiger partial charge in [0, 0.05) is 32.1 Å². The molecule has 2 aromatic rings. The van der Waals surface area contributed by atoms with Gasteiger partial charge in [-0.25, -0.2) is 21.6 Å². The third-order valence-electron chi connectivity index (χ3n) is 5.46. The van der Waals surface area contributed by atoms with E-state index in [0.717, 1.165) is 28.8 Å². The van der Waals surface area contributed by atoms with Gasteiger partial charge in [0.2, 0.25) is 21.8 Å². The predicted molar refractivity (Wildman–Crippen MR) is 132 cm³/mol. The topological polar surface area (TPSA) is 86.8 Å². The van der Waals surface area contributed by atoms with Crippen molar-refractivity contribution in [3.05, 3.63) is 65.5 Å². The Labute approximate surface area is 210 Å². The van der Waals surface area contributed by atoms with E-state index in [1.54, 1.807) is 6.92 Å². The van der Waals surface area contributed by atoms with E-state index in [1.165, 1.54) is 29.2 Å². The number of carbonyl (C=O) groups excluding carboxylic acids is 2. The highest BCUT2D eigenvalue weighted by atomic mass is 32.2. The Bertz CT molecular complexity index is 1160. The van der Waals surface area contributed by atoms with Crippen LogP contribution in [0.4, 0.5) is 18.9 Å². The summed E-state index contributed by atoms with van der Waals surface area (Å²) in [5, 5.41) is 2.79. The second-order valence-electron chi connectivity index (χ2n) is 9.00. The molecule has 11 heteroatoms. The van der Waals surface area contributed by atoms with Crippen LogP contribution in [0.25, 0.3) is 0 Å². The number of nitrogens with zero attached hydrogens (tertiary/aromatic N) is 2. The van der Waals surface area contributed by atoms with Crippen LogP contribution in [0.15, 0.2) is 42.5 Å². The molecular weight excluding hydrogens is 495 g/mol. The number of rotatable bonds is 12. The molecule has 0 aliphatic carbocycles. The van der Waals surface area contributed by atoms with Crippen molar-refractivity contribution in [3.63, 3.8) is 0 Å². The molecule has 0 aliphatic rings. The van der Waals surface area contributed by atoms with E-state index in [2.05, 4.69) is 5.32 Å². The maximum atomic E-state index is 13.7. The Hall–Kier alpha value is -3.08. The van der Waals surface area contributed by atoms with Gasteiger partial charge >= 0.3 is 0 Å². The number of nitrogens with one attached hydrogen (secondary N) is 1. The number of hydrogen-bond donors (Lipinski definition) is 1. The fourth-order valence-electron chi connectivity index (χ4n) is 3.47. The van der Waals surface area contributed by atoms with E-state index in [-0.39, 0.29) is 43.4 Å². The minimum absolute atomic E-state index is 0.0499. The first kappa shape index (κ1) is 29.2. The molecule has 1 N–H and O–H groups in total. The molecular formula is C25H32F3N3O4S. The molecule has 0 heterocycles. The summed E-state index contributed by atoms with van der Waals surface area (Å²) in [5.74, 6) is -3.28. The van der Waals surface area contributed by atoms with Crippen molar-refractivity contribution in [2.75, 3.05) is 23.7 Å². The fraction of sp³-hybridized carbons (Fsp3) is 0.440. The summed E-state index contributed by atoms with van der Waals surface area (Å²) in [6.07, 6.45) is 0.877. The summed E-state index contributed by atoms with van der Waals surface area (Å²) >= 11 is 0. The number of amides is 2. The summed E-state index contributed by atoms with van der Waals surface area (Å²) in [7, 11) is -3.84. The maximum Gasteiger partial charge on any atom is 0.242 e. The van der Waals surface area contributed by atoms with Crippen LogP contribution in [0.2, 0.25) is 0 Å². The molecule has 1 atom stereocenters. The smallest absolute Gasteiger partial charge is 0.242 e. The Morgan fingerprint density at radius 1 is 0.972 bits per heavy atom. The van der Waals surface area contributed by atoms with Gasteiger partial charge in [-0.15, -0.1) is 0 Å². The lowest BCUT2D eigenvalue weighted by Crippen LogP contribution is -2.48. The number of carbonyl (C=O) groups is 2. The van der Waals surface area contributed by atoms with Gasteiger partial charge in [-0.1, -0.05) is 26.0 Å². The van der Waals surface area contributed by atoms with Crippen LogP contribution in [0, 0.1) is 23.4 Å². The van der Waals surface area contributed by atoms with Crippen LogP contribution in [-0.4, -0.2) is 50.5 Å². The van der Waals surface area contributed by atoms with Crippen LogP contribution in [-0.2, 0) is 26.2 Å². The number of benzene rings is 2. The van der Waals surface area contributed by atoms with Gasteiger partial charge in [-0.2, -0.15) is 0 Å². The first-order chi connectivity index (χ1) is 16.8. The maximum absolute atomic E-state index is 13.7. The van der Waals surface area contributed by atoms with Crippen molar-refractivity contribution >= 4 is 27.5 Å². The van der Waals surface area contributed by atoms with Crippen LogP contribution in [0.5, 0.6) is 0 Å². The highest BCUT2D eigenvalue weighted by Crippen LogP contribution is 2.21. The third kappa shape index (κ3) is 8.54. The Morgan fingerprint density at radius 3 is 2.17 bits per heavy atom. The number of hydrogen-bond acceptors (Lipinski definition) is 4. The summed E-state index contributed by atoms with van der Waals surface area (Å²) < 4.78 is 65.7. The Kier molecular flexibility index (Phi) is 10.3. The molecule has 0 aliphatic heterocycles. The van der Waals surface area contributed by atoms with Gasteiger partial charge in [-0.3, -0.25) is 13.9 Å². The van der Waals surface area contributed by atoms with Gasteiger partial charge < -0.3 is 10.2 Å². The number of anilines is 1. The first-order valence-corrected chi connectivity index (χ1v) is 13.4. The number of sulfonamides is 1. The molecule has 0 unspecified atom stereocenters. The summed E-state index contributed by atoms with van der Waals surface area (Å²) in [4.78, 5) is 27.2. The van der Waals surface area contributed by atoms with Crippen molar-refractivity contribution in [1.29, 1.82) is 0 Å². The van der Waals surface area contributed by atoms with Crippen molar-refractivity contribution in [1.82, 2.24) is 10.2 Å². The second-order valence-corrected chi connectivity index (χ2v) is 10.9. The molecule has 2 amide bonds. The van der Waals surface area contributed by atoms with Crippen LogP contribution >= 0.6 is 0 Å². The molecule has 0 bridgehead atoms. The quantitative estimate of drug-likeness (QED) is 0.455. The third-order valence-corrected chi connectivity index (χ3v) is 6.66. The monoisotopic (exact) mass is 527 g/mol. The van der Waals surface area contributed by atoms with Gasteiger partial charge in [0.05, 0.1) is 11.9 Å². The molecule has 0 radical (unpaired) electrons. The minimum atomic E-state index is -3.84. The molecule has 36 heavy (non-hydrogen) atoms. The van der Waals surface area contributed by atoms with Crippen molar-refractivity contribution in [2.45, 2.75) is 46.2 Å². The van der Waals surface area contributed by atoms with E-state index in [1.807, 2.05) is 13.8 Å². The molecule has 0 aromatic heterocycles. The van der Waals surface area contributed by atoms with Crippen molar-refractivity contribution in [2.24, 2.45) is 5.92 Å². The van der Waals surface area contributed by atoms with Gasteiger partial charge in [0.15, 0.2) is 11.6 Å². The summed E-state index contributed by atoms with van der Waals surface area (Å²) in [5.41, 5.74) is 0.557. The molecule has 0 fully saturated rings. The summed E-state index contributed by atoms with van der Waals surface area (Å²) in [6, 6.07) is 7.46. The lowest BCUT2D eigenvalue weighted by Gasteiger charge is -2.29. The van der Waals surface area contributed by atoms with Crippen LogP contribution < -0.4 is 9.62 Å². The zero-order chi connectivity index (χ0) is 27.0. The lowest BCUT2D eigenvalue weighted by molar-refractivity contribution is -0.140. The van der Waals surface area contributed by atoms with E-state index < -0.39 is 39.4 Å². The van der Waals surface area contributed by atoms with E-state index in [9.17, 15) is 31.2 Å². The predicted octanol–water partition coefficient (Wildman–Crippen LogP) is 3.84. The largest absolute Gasteiger partial charge is 0.354 e. The van der Waals surface area contributed by atoms with E-state index >= 15 is 0 Å². The summed E-state index contributed by atoms with van der Waals surface area (Å²) in [6.45, 7) is 5.78. The average molecular weight is 528 g/mol. The Balaban J connectivity index is 2.17.